The summed E-state index contributed by atoms with van der Waals surface area (Å²) in [6.07, 6.45) is 7.14. The minimum Gasteiger partial charge on any atom is -0.340 e. The Bertz CT molecular complexity index is 509. The molecular weight excluding hydrogens is 200 g/mol. The van der Waals surface area contributed by atoms with Crippen molar-refractivity contribution in [1.29, 1.82) is 0 Å². The highest BCUT2D eigenvalue weighted by molar-refractivity contribution is 5.50. The zero-order valence-corrected chi connectivity index (χ0v) is 9.70. The first kappa shape index (κ1) is 9.63. The first-order valence-corrected chi connectivity index (χ1v) is 5.78. The minimum atomic E-state index is 0.771. The lowest BCUT2D eigenvalue weighted by Gasteiger charge is -2.15. The third-order valence-electron chi connectivity index (χ3n) is 3.35. The number of aromatic nitrogens is 4. The number of imidazole rings is 2. The van der Waals surface area contributed by atoms with Crippen LogP contribution in [0.15, 0.2) is 12.5 Å². The lowest BCUT2D eigenvalue weighted by Crippen LogP contribution is -2.10. The van der Waals surface area contributed by atoms with Gasteiger partial charge < -0.3 is 9.55 Å². The van der Waals surface area contributed by atoms with Crippen LogP contribution in [0.5, 0.6) is 0 Å². The smallest absolute Gasteiger partial charge is 0.156 e. The zero-order chi connectivity index (χ0) is 11.1. The van der Waals surface area contributed by atoms with Crippen LogP contribution in [-0.4, -0.2) is 19.5 Å². The van der Waals surface area contributed by atoms with Gasteiger partial charge in [-0.05, 0) is 25.2 Å². The van der Waals surface area contributed by atoms with Crippen LogP contribution in [0.25, 0.3) is 11.5 Å². The fourth-order valence-electron chi connectivity index (χ4n) is 2.36. The van der Waals surface area contributed by atoms with E-state index in [1.165, 1.54) is 17.8 Å². The molecule has 0 bridgehead atoms. The second-order valence-electron chi connectivity index (χ2n) is 4.75. The average molecular weight is 216 g/mol. The van der Waals surface area contributed by atoms with Gasteiger partial charge in [-0.1, -0.05) is 6.92 Å². The molecule has 3 rings (SSSR count). The van der Waals surface area contributed by atoms with Crippen molar-refractivity contribution in [3.63, 3.8) is 0 Å². The van der Waals surface area contributed by atoms with Crippen molar-refractivity contribution in [3.8, 4) is 11.5 Å². The molecule has 2 heterocycles. The van der Waals surface area contributed by atoms with Crippen molar-refractivity contribution in [1.82, 2.24) is 19.5 Å². The van der Waals surface area contributed by atoms with E-state index in [4.69, 9.17) is 0 Å². The molecule has 0 fully saturated rings. The van der Waals surface area contributed by atoms with Crippen molar-refractivity contribution < 1.29 is 0 Å². The van der Waals surface area contributed by atoms with Gasteiger partial charge in [-0.15, -0.1) is 0 Å². The van der Waals surface area contributed by atoms with Crippen LogP contribution in [0.2, 0.25) is 0 Å². The summed E-state index contributed by atoms with van der Waals surface area (Å²) in [7, 11) is 1.99. The Labute approximate surface area is 94.7 Å². The van der Waals surface area contributed by atoms with Gasteiger partial charge >= 0.3 is 0 Å². The molecule has 1 aliphatic rings. The molecule has 16 heavy (non-hydrogen) atoms. The van der Waals surface area contributed by atoms with Crippen LogP contribution in [0.1, 0.15) is 24.7 Å². The number of rotatable bonds is 1. The summed E-state index contributed by atoms with van der Waals surface area (Å²) in [5.74, 6) is 1.73. The van der Waals surface area contributed by atoms with E-state index in [0.29, 0.717) is 0 Å². The SMILES string of the molecule is CC1CCc2nc(-c3cncn3C)[nH]c2C1. The molecule has 0 aliphatic heterocycles. The summed E-state index contributed by atoms with van der Waals surface area (Å²) >= 11 is 0. The van der Waals surface area contributed by atoms with E-state index in [9.17, 15) is 0 Å². The Morgan fingerprint density at radius 1 is 1.50 bits per heavy atom. The maximum Gasteiger partial charge on any atom is 0.156 e. The summed E-state index contributed by atoms with van der Waals surface area (Å²) in [6, 6.07) is 0. The van der Waals surface area contributed by atoms with E-state index in [1.807, 2.05) is 17.8 Å². The first-order chi connectivity index (χ1) is 7.74. The number of aromatic amines is 1. The number of aryl methyl sites for hydroxylation is 2. The molecule has 0 spiro atoms. The molecule has 0 radical (unpaired) electrons. The molecule has 4 heteroatoms. The maximum atomic E-state index is 4.67. The van der Waals surface area contributed by atoms with Crippen molar-refractivity contribution >= 4 is 0 Å². The van der Waals surface area contributed by atoms with E-state index >= 15 is 0 Å². The maximum absolute atomic E-state index is 4.67. The predicted octanol–water partition coefficient (Wildman–Crippen LogP) is 1.93. The molecule has 1 aliphatic carbocycles. The number of fused-ring (bicyclic) bond motifs is 1. The van der Waals surface area contributed by atoms with Crippen LogP contribution in [0.4, 0.5) is 0 Å². The van der Waals surface area contributed by atoms with E-state index in [2.05, 4.69) is 21.9 Å². The lowest BCUT2D eigenvalue weighted by molar-refractivity contribution is 0.492. The van der Waals surface area contributed by atoms with Gasteiger partial charge in [0, 0.05) is 12.7 Å². The molecule has 2 aromatic rings. The Morgan fingerprint density at radius 3 is 3.12 bits per heavy atom. The molecule has 0 amide bonds. The topological polar surface area (TPSA) is 46.5 Å². The summed E-state index contributed by atoms with van der Waals surface area (Å²) in [5, 5.41) is 0. The number of hydrogen-bond acceptors (Lipinski definition) is 2. The molecule has 1 unspecified atom stereocenters. The standard InChI is InChI=1S/C12H16N4/c1-8-3-4-9-10(5-8)15-12(14-9)11-6-13-7-16(11)2/h6-8H,3-5H2,1-2H3,(H,14,15). The number of hydrogen-bond donors (Lipinski definition) is 1. The molecule has 84 valence electrons. The fourth-order valence-corrected chi connectivity index (χ4v) is 2.36. The van der Waals surface area contributed by atoms with Gasteiger partial charge in [0.25, 0.3) is 0 Å². The monoisotopic (exact) mass is 216 g/mol. The highest BCUT2D eigenvalue weighted by Crippen LogP contribution is 2.26. The molecular formula is C12H16N4. The Morgan fingerprint density at radius 2 is 2.38 bits per heavy atom. The summed E-state index contributed by atoms with van der Waals surface area (Å²) < 4.78 is 1.99. The number of nitrogens with zero attached hydrogens (tertiary/aromatic N) is 3. The van der Waals surface area contributed by atoms with Gasteiger partial charge in [-0.3, -0.25) is 0 Å². The second-order valence-corrected chi connectivity index (χ2v) is 4.75. The molecule has 0 aromatic carbocycles. The van der Waals surface area contributed by atoms with E-state index in [0.717, 1.165) is 30.3 Å². The summed E-state index contributed by atoms with van der Waals surface area (Å²) in [4.78, 5) is 12.2. The number of nitrogens with one attached hydrogen (secondary N) is 1. The third-order valence-corrected chi connectivity index (χ3v) is 3.35. The predicted molar refractivity (Wildman–Crippen MR) is 62.0 cm³/mol. The van der Waals surface area contributed by atoms with Gasteiger partial charge in [-0.25, -0.2) is 9.97 Å². The van der Waals surface area contributed by atoms with Crippen LogP contribution < -0.4 is 0 Å². The summed E-state index contributed by atoms with van der Waals surface area (Å²) in [5.41, 5.74) is 3.62. The van der Waals surface area contributed by atoms with Crippen molar-refractivity contribution in [2.45, 2.75) is 26.2 Å². The van der Waals surface area contributed by atoms with Gasteiger partial charge in [0.15, 0.2) is 5.82 Å². The third kappa shape index (κ3) is 1.45. The molecule has 1 N–H and O–H groups in total. The van der Waals surface area contributed by atoms with Gasteiger partial charge in [0.2, 0.25) is 0 Å². The molecule has 2 aromatic heterocycles. The fraction of sp³-hybridized carbons (Fsp3) is 0.500. The first-order valence-electron chi connectivity index (χ1n) is 5.78. The quantitative estimate of drug-likeness (QED) is 0.791. The highest BCUT2D eigenvalue weighted by atomic mass is 15.1. The van der Waals surface area contributed by atoms with E-state index < -0.39 is 0 Å². The molecule has 4 nitrogen and oxygen atoms in total. The van der Waals surface area contributed by atoms with E-state index in [-0.39, 0.29) is 0 Å². The largest absolute Gasteiger partial charge is 0.340 e. The van der Waals surface area contributed by atoms with Crippen molar-refractivity contribution in [3.05, 3.63) is 23.9 Å². The molecule has 1 atom stereocenters. The zero-order valence-electron chi connectivity index (χ0n) is 9.70. The molecule has 0 saturated carbocycles. The summed E-state index contributed by atoms with van der Waals surface area (Å²) in [6.45, 7) is 2.30. The van der Waals surface area contributed by atoms with Gasteiger partial charge in [-0.2, -0.15) is 0 Å². The van der Waals surface area contributed by atoms with Gasteiger partial charge in [0.05, 0.1) is 18.2 Å². The second kappa shape index (κ2) is 3.47. The average Bonchev–Trinajstić information content (AvgIpc) is 2.82. The van der Waals surface area contributed by atoms with Crippen LogP contribution in [0.3, 0.4) is 0 Å². The van der Waals surface area contributed by atoms with Crippen molar-refractivity contribution in [2.24, 2.45) is 13.0 Å². The van der Waals surface area contributed by atoms with Crippen LogP contribution >= 0.6 is 0 Å². The van der Waals surface area contributed by atoms with E-state index in [1.54, 1.807) is 6.33 Å². The highest BCUT2D eigenvalue weighted by Gasteiger charge is 2.20. The van der Waals surface area contributed by atoms with Gasteiger partial charge in [0.1, 0.15) is 5.69 Å². The Kier molecular flexibility index (Phi) is 2.09. The number of H-pyrrole nitrogens is 1. The Balaban J connectivity index is 2.02. The van der Waals surface area contributed by atoms with Crippen LogP contribution in [-0.2, 0) is 19.9 Å². The minimum absolute atomic E-state index is 0.771. The van der Waals surface area contributed by atoms with Crippen LogP contribution in [0, 0.1) is 5.92 Å². The Hall–Kier alpha value is -1.58. The van der Waals surface area contributed by atoms with Crippen molar-refractivity contribution in [2.75, 3.05) is 0 Å². The lowest BCUT2D eigenvalue weighted by atomic mass is 9.92. The normalized spacial score (nSPS) is 19.8. The molecule has 0 saturated heterocycles.